The van der Waals surface area contributed by atoms with Gasteiger partial charge in [-0.25, -0.2) is 4.79 Å². The van der Waals surface area contributed by atoms with Crippen LogP contribution in [-0.4, -0.2) is 18.3 Å². The second-order valence-electron chi connectivity index (χ2n) is 5.84. The van der Waals surface area contributed by atoms with E-state index in [0.717, 1.165) is 12.1 Å². The van der Waals surface area contributed by atoms with E-state index in [0.29, 0.717) is 24.3 Å². The van der Waals surface area contributed by atoms with Crippen molar-refractivity contribution in [2.75, 3.05) is 0 Å². The Hall–Kier alpha value is -4.01. The molecular formula is C18H13F3N2O9S. The Morgan fingerprint density at radius 1 is 0.970 bits per heavy atom. The molecule has 0 radical (unpaired) electrons. The van der Waals surface area contributed by atoms with Gasteiger partial charge in [0, 0.05) is 23.6 Å². The highest BCUT2D eigenvalue weighted by Crippen LogP contribution is 2.36. The van der Waals surface area contributed by atoms with E-state index in [2.05, 4.69) is 4.42 Å². The molecule has 11 nitrogen and oxygen atoms in total. The van der Waals surface area contributed by atoms with Crippen LogP contribution in [0.3, 0.4) is 0 Å². The van der Waals surface area contributed by atoms with Crippen molar-refractivity contribution < 1.29 is 40.0 Å². The molecule has 0 N–H and O–H groups in total. The summed E-state index contributed by atoms with van der Waals surface area (Å²) in [5.74, 6) is -0.623. The molecule has 0 atom stereocenters. The van der Waals surface area contributed by atoms with Crippen LogP contribution in [0, 0.1) is 20.2 Å². The smallest absolute Gasteiger partial charge is 0.417 e. The normalized spacial score (nSPS) is 11.4. The fourth-order valence-corrected chi connectivity index (χ4v) is 3.65. The Morgan fingerprint density at radius 2 is 1.61 bits per heavy atom. The summed E-state index contributed by atoms with van der Waals surface area (Å²) < 4.78 is 73.5. The third kappa shape index (κ3) is 5.43. The third-order valence-electron chi connectivity index (χ3n) is 3.85. The number of nitro groups is 2. The van der Waals surface area contributed by atoms with Crippen molar-refractivity contribution in [3.8, 4) is 5.75 Å². The van der Waals surface area contributed by atoms with E-state index in [1.54, 1.807) is 0 Å². The predicted molar refractivity (Wildman–Crippen MR) is 106 cm³/mol. The molecule has 33 heavy (non-hydrogen) atoms. The summed E-state index contributed by atoms with van der Waals surface area (Å²) in [6.07, 6.45) is -4.90. The van der Waals surface area contributed by atoms with Crippen LogP contribution in [0.1, 0.15) is 19.4 Å². The Balaban J connectivity index is 0.00000187. The summed E-state index contributed by atoms with van der Waals surface area (Å²) in [6, 6.07) is 4.18. The molecule has 3 rings (SSSR count). The molecule has 0 aliphatic carbocycles. The lowest BCUT2D eigenvalue weighted by Gasteiger charge is -2.11. The molecule has 0 fully saturated rings. The van der Waals surface area contributed by atoms with Crippen molar-refractivity contribution in [2.45, 2.75) is 24.9 Å². The van der Waals surface area contributed by atoms with Crippen molar-refractivity contribution in [3.63, 3.8) is 0 Å². The van der Waals surface area contributed by atoms with Gasteiger partial charge in [-0.3, -0.25) is 20.2 Å². The molecule has 176 valence electrons. The Morgan fingerprint density at radius 3 is 2.15 bits per heavy atom. The largest absolute Gasteiger partial charge is 0.423 e. The summed E-state index contributed by atoms with van der Waals surface area (Å²) in [5, 5.41) is 21.4. The van der Waals surface area contributed by atoms with E-state index in [4.69, 9.17) is 4.18 Å². The fraction of sp³-hybridized carbons (Fsp3) is 0.167. The topological polar surface area (TPSA) is 160 Å². The molecule has 0 saturated heterocycles. The number of fused-ring (bicyclic) bond motifs is 1. The van der Waals surface area contributed by atoms with E-state index in [1.807, 2.05) is 13.8 Å². The summed E-state index contributed by atoms with van der Waals surface area (Å²) >= 11 is 0. The van der Waals surface area contributed by atoms with Crippen LogP contribution in [0.5, 0.6) is 5.75 Å². The maximum Gasteiger partial charge on any atom is 0.417 e. The highest BCUT2D eigenvalue weighted by molar-refractivity contribution is 7.87. The molecule has 0 spiro atoms. The van der Waals surface area contributed by atoms with Gasteiger partial charge in [-0.2, -0.15) is 21.6 Å². The van der Waals surface area contributed by atoms with Crippen LogP contribution < -0.4 is 9.81 Å². The predicted octanol–water partition coefficient (Wildman–Crippen LogP) is 4.42. The summed E-state index contributed by atoms with van der Waals surface area (Å²) in [5.41, 5.74) is -5.23. The van der Waals surface area contributed by atoms with Crippen molar-refractivity contribution in [1.29, 1.82) is 0 Å². The van der Waals surface area contributed by atoms with Crippen molar-refractivity contribution in [2.24, 2.45) is 0 Å². The minimum Gasteiger partial charge on any atom is -0.423 e. The van der Waals surface area contributed by atoms with Crippen LogP contribution >= 0.6 is 0 Å². The SMILES string of the molecule is CC.O=c1cc(C(F)(F)F)c2ccc(OS(=O)(=O)c3ccc([N+](=O)[O-])cc3[N+](=O)[O-])cc2o1. The molecule has 1 heterocycles. The minimum absolute atomic E-state index is 0.222. The zero-order valence-corrected chi connectivity index (χ0v) is 17.5. The van der Waals surface area contributed by atoms with E-state index in [-0.39, 0.29) is 6.07 Å². The van der Waals surface area contributed by atoms with Gasteiger partial charge in [-0.05, 0) is 18.2 Å². The zero-order chi connectivity index (χ0) is 25.1. The van der Waals surface area contributed by atoms with E-state index in [1.165, 1.54) is 0 Å². The van der Waals surface area contributed by atoms with Crippen LogP contribution in [0.25, 0.3) is 11.0 Å². The summed E-state index contributed by atoms with van der Waals surface area (Å²) in [6.45, 7) is 4.00. The first kappa shape index (κ1) is 25.3. The Labute approximate surface area is 182 Å². The third-order valence-corrected chi connectivity index (χ3v) is 5.14. The van der Waals surface area contributed by atoms with E-state index >= 15 is 0 Å². The number of nitro benzene ring substituents is 2. The average Bonchev–Trinajstić information content (AvgIpc) is 2.72. The molecule has 1 aromatic heterocycles. The van der Waals surface area contributed by atoms with Gasteiger partial charge >= 0.3 is 21.9 Å². The summed E-state index contributed by atoms with van der Waals surface area (Å²) in [4.78, 5) is 30.1. The first-order chi connectivity index (χ1) is 15.3. The second kappa shape index (κ2) is 9.23. The lowest BCUT2D eigenvalue weighted by Crippen LogP contribution is -2.13. The number of benzene rings is 2. The van der Waals surface area contributed by atoms with Gasteiger partial charge in [0.05, 0.1) is 21.5 Å². The molecule has 3 aromatic rings. The van der Waals surface area contributed by atoms with Crippen LogP contribution in [0.15, 0.2) is 56.6 Å². The van der Waals surface area contributed by atoms with Gasteiger partial charge in [-0.1, -0.05) is 13.8 Å². The standard InChI is InChI=1S/C16H7F3N2O9S.C2H6/c17-16(18,19)11-7-15(22)29-13-6-9(2-3-10(11)13)30-31(27,28)14-4-1-8(20(23)24)5-12(14)21(25)26;1-2/h1-7H;1-2H3. The Kier molecular flexibility index (Phi) is 7.07. The maximum atomic E-state index is 13.1. The van der Waals surface area contributed by atoms with Gasteiger partial charge < -0.3 is 8.60 Å². The number of hydrogen-bond acceptors (Lipinski definition) is 9. The molecule has 0 bridgehead atoms. The molecule has 0 unspecified atom stereocenters. The lowest BCUT2D eigenvalue weighted by atomic mass is 10.1. The van der Waals surface area contributed by atoms with Gasteiger partial charge in [0.15, 0.2) is 4.90 Å². The average molecular weight is 490 g/mol. The van der Waals surface area contributed by atoms with Crippen molar-refractivity contribution >= 4 is 32.5 Å². The number of alkyl halides is 3. The highest BCUT2D eigenvalue weighted by Gasteiger charge is 2.34. The fourth-order valence-electron chi connectivity index (χ4n) is 2.57. The van der Waals surface area contributed by atoms with Gasteiger partial charge in [-0.15, -0.1) is 0 Å². The first-order valence-corrected chi connectivity index (χ1v) is 10.2. The zero-order valence-electron chi connectivity index (χ0n) is 16.7. The van der Waals surface area contributed by atoms with Crippen molar-refractivity contribution in [1.82, 2.24) is 0 Å². The molecule has 0 amide bonds. The van der Waals surface area contributed by atoms with Crippen LogP contribution in [0.4, 0.5) is 24.5 Å². The first-order valence-electron chi connectivity index (χ1n) is 8.82. The highest BCUT2D eigenvalue weighted by atomic mass is 32.2. The number of halogens is 3. The van der Waals surface area contributed by atoms with E-state index in [9.17, 15) is 46.6 Å². The molecule has 2 aromatic carbocycles. The number of non-ortho nitro benzene ring substituents is 1. The number of nitrogens with zero attached hydrogens (tertiary/aromatic N) is 2. The minimum atomic E-state index is -4.96. The second-order valence-corrected chi connectivity index (χ2v) is 7.35. The maximum absolute atomic E-state index is 13.1. The van der Waals surface area contributed by atoms with Gasteiger partial charge in [0.1, 0.15) is 11.3 Å². The molecule has 15 heteroatoms. The molecule has 0 aliphatic heterocycles. The lowest BCUT2D eigenvalue weighted by molar-refractivity contribution is -0.396. The van der Waals surface area contributed by atoms with Gasteiger partial charge in [0.2, 0.25) is 0 Å². The Bertz CT molecular complexity index is 1400. The van der Waals surface area contributed by atoms with Crippen LogP contribution in [-0.2, 0) is 16.3 Å². The molecule has 0 saturated carbocycles. The van der Waals surface area contributed by atoms with Crippen molar-refractivity contribution in [3.05, 3.63) is 78.7 Å². The van der Waals surface area contributed by atoms with E-state index < -0.39 is 70.3 Å². The number of hydrogen-bond donors (Lipinski definition) is 0. The van der Waals surface area contributed by atoms with Crippen LogP contribution in [0.2, 0.25) is 0 Å². The van der Waals surface area contributed by atoms with Gasteiger partial charge in [0.25, 0.3) is 11.4 Å². The monoisotopic (exact) mass is 490 g/mol. The quantitative estimate of drug-likeness (QED) is 0.218. The number of rotatable bonds is 5. The summed E-state index contributed by atoms with van der Waals surface area (Å²) in [7, 11) is -4.96. The molecule has 0 aliphatic rings. The molecular weight excluding hydrogens is 477 g/mol.